The number of hydrogen-bond acceptors (Lipinski definition) is 6. The quantitative estimate of drug-likeness (QED) is 0.583. The Bertz CT molecular complexity index is 922. The van der Waals surface area contributed by atoms with Crippen LogP contribution in [0.5, 0.6) is 5.75 Å². The van der Waals surface area contributed by atoms with Gasteiger partial charge in [0.1, 0.15) is 11.0 Å². The lowest BCUT2D eigenvalue weighted by molar-refractivity contribution is -0.129. The second-order valence-corrected chi connectivity index (χ2v) is 7.60. The number of ether oxygens (including phenoxy) is 1. The zero-order valence-electron chi connectivity index (χ0n) is 15.6. The summed E-state index contributed by atoms with van der Waals surface area (Å²) in [5, 5.41) is 8.28. The Balaban J connectivity index is 1.56. The van der Waals surface area contributed by atoms with E-state index >= 15 is 0 Å². The maximum absolute atomic E-state index is 13.1. The first-order valence-corrected chi connectivity index (χ1v) is 10.1. The molecule has 1 aliphatic rings. The molecule has 0 spiro atoms. The summed E-state index contributed by atoms with van der Waals surface area (Å²) in [7, 11) is 1.62. The molecule has 28 heavy (non-hydrogen) atoms. The molecule has 2 aromatic carbocycles. The molecule has 1 amide bonds. The molecule has 0 N–H and O–H groups in total. The Morgan fingerprint density at radius 2 is 1.79 bits per heavy atom. The van der Waals surface area contributed by atoms with E-state index in [1.54, 1.807) is 7.11 Å². The third kappa shape index (κ3) is 4.04. The van der Waals surface area contributed by atoms with Crippen LogP contribution in [0.1, 0.15) is 23.7 Å². The molecule has 0 saturated carbocycles. The highest BCUT2D eigenvalue weighted by Gasteiger charge is 2.30. The molecule has 1 aromatic heterocycles. The number of carbonyl (C=O) groups is 1. The molecular weight excluding hydrogens is 374 g/mol. The van der Waals surface area contributed by atoms with Gasteiger partial charge in [-0.1, -0.05) is 30.3 Å². The van der Waals surface area contributed by atoms with Crippen LogP contribution in [0.2, 0.25) is 0 Å². The number of methoxy groups -OCH3 is 1. The highest BCUT2D eigenvalue weighted by molar-refractivity contribution is 8.00. The first-order valence-electron chi connectivity index (χ1n) is 9.23. The van der Waals surface area contributed by atoms with E-state index in [-0.39, 0.29) is 5.91 Å². The lowest BCUT2D eigenvalue weighted by Gasteiger charge is -2.22. The van der Waals surface area contributed by atoms with E-state index in [0.717, 1.165) is 42.8 Å². The molecule has 1 atom stereocenters. The largest absolute Gasteiger partial charge is 0.497 e. The smallest absolute Gasteiger partial charge is 0.277 e. The number of likely N-dealkylation sites (tertiary alicyclic amines) is 1. The van der Waals surface area contributed by atoms with E-state index in [9.17, 15) is 4.79 Å². The van der Waals surface area contributed by atoms with Crippen LogP contribution in [0.15, 0.2) is 64.2 Å². The molecule has 7 heteroatoms. The van der Waals surface area contributed by atoms with Crippen molar-refractivity contribution < 1.29 is 13.9 Å². The van der Waals surface area contributed by atoms with Gasteiger partial charge in [-0.05, 0) is 54.4 Å². The Hall–Kier alpha value is -2.80. The van der Waals surface area contributed by atoms with Crippen molar-refractivity contribution in [2.45, 2.75) is 23.3 Å². The Morgan fingerprint density at radius 1 is 1.07 bits per heavy atom. The van der Waals surface area contributed by atoms with Crippen LogP contribution < -0.4 is 4.74 Å². The van der Waals surface area contributed by atoms with E-state index < -0.39 is 5.25 Å². The summed E-state index contributed by atoms with van der Waals surface area (Å²) in [4.78, 5) is 15.0. The lowest BCUT2D eigenvalue weighted by atomic mass is 10.1. The predicted octanol–water partition coefficient (Wildman–Crippen LogP) is 4.20. The number of aromatic nitrogens is 2. The van der Waals surface area contributed by atoms with Gasteiger partial charge >= 0.3 is 0 Å². The van der Waals surface area contributed by atoms with E-state index in [2.05, 4.69) is 10.2 Å². The van der Waals surface area contributed by atoms with Crippen LogP contribution >= 0.6 is 11.8 Å². The van der Waals surface area contributed by atoms with Crippen LogP contribution in [0.3, 0.4) is 0 Å². The minimum Gasteiger partial charge on any atom is -0.497 e. The summed E-state index contributed by atoms with van der Waals surface area (Å²) in [6.07, 6.45) is 2.11. The van der Waals surface area contributed by atoms with E-state index in [0.29, 0.717) is 11.1 Å². The summed E-state index contributed by atoms with van der Waals surface area (Å²) >= 11 is 1.30. The number of amides is 1. The average molecular weight is 395 g/mol. The highest BCUT2D eigenvalue weighted by atomic mass is 32.2. The monoisotopic (exact) mass is 395 g/mol. The lowest BCUT2D eigenvalue weighted by Crippen LogP contribution is -2.31. The minimum atomic E-state index is -0.400. The van der Waals surface area contributed by atoms with E-state index in [1.807, 2.05) is 59.5 Å². The summed E-state index contributed by atoms with van der Waals surface area (Å²) < 4.78 is 11.0. The first kappa shape index (κ1) is 18.6. The molecule has 0 bridgehead atoms. The molecule has 2 heterocycles. The van der Waals surface area contributed by atoms with Crippen molar-refractivity contribution in [3.8, 4) is 17.2 Å². The first-order chi connectivity index (χ1) is 13.7. The molecule has 1 unspecified atom stereocenters. The predicted molar refractivity (Wildman–Crippen MR) is 107 cm³/mol. The standard InChI is InChI=1S/C21H21N3O3S/c1-26-17-11-9-16(10-12-17)19-22-23-21(27-19)28-18(15-7-3-2-4-8-15)20(25)24-13-5-6-14-24/h2-4,7-12,18H,5-6,13-14H2,1H3. The zero-order chi connectivity index (χ0) is 19.3. The molecule has 3 aromatic rings. The molecule has 0 radical (unpaired) electrons. The van der Waals surface area contributed by atoms with Gasteiger partial charge in [-0.3, -0.25) is 4.79 Å². The maximum atomic E-state index is 13.1. The van der Waals surface area contributed by atoms with Crippen LogP contribution in [0.4, 0.5) is 0 Å². The van der Waals surface area contributed by atoms with Gasteiger partial charge in [0.2, 0.25) is 11.8 Å². The molecule has 1 saturated heterocycles. The van der Waals surface area contributed by atoms with Crippen LogP contribution in [-0.4, -0.2) is 41.2 Å². The molecule has 6 nitrogen and oxygen atoms in total. The van der Waals surface area contributed by atoms with Gasteiger partial charge in [0, 0.05) is 18.7 Å². The van der Waals surface area contributed by atoms with Gasteiger partial charge in [0.15, 0.2) is 0 Å². The normalized spacial score (nSPS) is 14.8. The van der Waals surface area contributed by atoms with Gasteiger partial charge in [-0.25, -0.2) is 0 Å². The summed E-state index contributed by atoms with van der Waals surface area (Å²) in [5.74, 6) is 1.28. The minimum absolute atomic E-state index is 0.0953. The van der Waals surface area contributed by atoms with Crippen molar-refractivity contribution in [1.29, 1.82) is 0 Å². The van der Waals surface area contributed by atoms with Gasteiger partial charge in [-0.15, -0.1) is 10.2 Å². The number of thioether (sulfide) groups is 1. The van der Waals surface area contributed by atoms with E-state index in [4.69, 9.17) is 9.15 Å². The number of nitrogens with zero attached hydrogens (tertiary/aromatic N) is 3. The number of hydrogen-bond donors (Lipinski definition) is 0. The maximum Gasteiger partial charge on any atom is 0.277 e. The topological polar surface area (TPSA) is 68.5 Å². The Labute approximate surface area is 167 Å². The fourth-order valence-corrected chi connectivity index (χ4v) is 4.16. The van der Waals surface area contributed by atoms with Crippen LogP contribution in [0.25, 0.3) is 11.5 Å². The van der Waals surface area contributed by atoms with Crippen molar-refractivity contribution in [3.05, 3.63) is 60.2 Å². The Morgan fingerprint density at radius 3 is 2.46 bits per heavy atom. The van der Waals surface area contributed by atoms with Gasteiger partial charge in [-0.2, -0.15) is 0 Å². The third-order valence-corrected chi connectivity index (χ3v) is 5.78. The molecule has 1 fully saturated rings. The highest BCUT2D eigenvalue weighted by Crippen LogP contribution is 2.37. The summed E-state index contributed by atoms with van der Waals surface area (Å²) in [6.45, 7) is 1.62. The van der Waals surface area contributed by atoms with E-state index in [1.165, 1.54) is 11.8 Å². The summed E-state index contributed by atoms with van der Waals surface area (Å²) in [5.41, 5.74) is 1.75. The molecule has 144 valence electrons. The Kier molecular flexibility index (Phi) is 5.62. The number of benzene rings is 2. The van der Waals surface area contributed by atoms with Gasteiger partial charge < -0.3 is 14.1 Å². The molecule has 4 rings (SSSR count). The van der Waals surface area contributed by atoms with Gasteiger partial charge in [0.05, 0.1) is 7.11 Å². The van der Waals surface area contributed by atoms with Crippen LogP contribution in [0, 0.1) is 0 Å². The zero-order valence-corrected chi connectivity index (χ0v) is 16.4. The van der Waals surface area contributed by atoms with Crippen molar-refractivity contribution in [3.63, 3.8) is 0 Å². The van der Waals surface area contributed by atoms with Gasteiger partial charge in [0.25, 0.3) is 5.22 Å². The van der Waals surface area contributed by atoms with Crippen LogP contribution in [-0.2, 0) is 4.79 Å². The van der Waals surface area contributed by atoms with Crippen molar-refractivity contribution in [1.82, 2.24) is 15.1 Å². The third-order valence-electron chi connectivity index (χ3n) is 4.71. The fraction of sp³-hybridized carbons (Fsp3) is 0.286. The average Bonchev–Trinajstić information content (AvgIpc) is 3.45. The number of rotatable bonds is 6. The second-order valence-electron chi connectivity index (χ2n) is 6.54. The molecule has 0 aliphatic carbocycles. The second kappa shape index (κ2) is 8.48. The fourth-order valence-electron chi connectivity index (χ4n) is 3.20. The summed E-state index contributed by atoms with van der Waals surface area (Å²) in [6, 6.07) is 17.2. The molecule has 1 aliphatic heterocycles. The molecular formula is C21H21N3O3S. The van der Waals surface area contributed by atoms with Crippen molar-refractivity contribution >= 4 is 17.7 Å². The van der Waals surface area contributed by atoms with Crippen molar-refractivity contribution in [2.75, 3.05) is 20.2 Å². The number of carbonyl (C=O) groups excluding carboxylic acids is 1. The van der Waals surface area contributed by atoms with Crippen molar-refractivity contribution in [2.24, 2.45) is 0 Å². The SMILES string of the molecule is COc1ccc(-c2nnc(SC(C(=O)N3CCCC3)c3ccccc3)o2)cc1.